The number of piperazine rings is 1. The minimum Gasteiger partial charge on any atom is -0.481 e. The summed E-state index contributed by atoms with van der Waals surface area (Å²) < 4.78 is 5.74. The Morgan fingerprint density at radius 2 is 1.85 bits per heavy atom. The number of amides is 1. The Morgan fingerprint density at radius 3 is 2.46 bits per heavy atom. The van der Waals surface area contributed by atoms with E-state index in [1.54, 1.807) is 6.92 Å². The standard InChI is InChI=1S/C19H25N5O2/c1-3-20-17-9-10-18(22-21-17)23-11-13-24(14-12-23)19(25)15(2)26-16-7-5-4-6-8-16/h4-10,15H,3,11-14H2,1-2H3,(H,20,21). The molecule has 2 heterocycles. The third kappa shape index (κ3) is 4.41. The van der Waals surface area contributed by atoms with Gasteiger partial charge in [-0.15, -0.1) is 10.2 Å². The number of aromatic nitrogens is 2. The van der Waals surface area contributed by atoms with Crippen LogP contribution in [0.3, 0.4) is 0 Å². The second-order valence-corrected chi connectivity index (χ2v) is 6.19. The maximum absolute atomic E-state index is 12.6. The first-order valence-electron chi connectivity index (χ1n) is 9.00. The largest absolute Gasteiger partial charge is 0.481 e. The lowest BCUT2D eigenvalue weighted by atomic mass is 10.2. The van der Waals surface area contributed by atoms with Gasteiger partial charge in [-0.1, -0.05) is 18.2 Å². The van der Waals surface area contributed by atoms with E-state index in [0.717, 1.165) is 31.3 Å². The van der Waals surface area contributed by atoms with Crippen LogP contribution in [-0.4, -0.2) is 59.8 Å². The number of carbonyl (C=O) groups excluding carboxylic acids is 1. The Labute approximate surface area is 154 Å². The number of para-hydroxylation sites is 1. The molecule has 0 aliphatic carbocycles. The number of nitrogens with one attached hydrogen (secondary N) is 1. The van der Waals surface area contributed by atoms with Gasteiger partial charge in [-0.05, 0) is 38.1 Å². The van der Waals surface area contributed by atoms with Crippen LogP contribution in [0.4, 0.5) is 11.6 Å². The first kappa shape index (κ1) is 18.0. The zero-order valence-corrected chi connectivity index (χ0v) is 15.3. The first-order valence-corrected chi connectivity index (χ1v) is 9.00. The van der Waals surface area contributed by atoms with Crippen molar-refractivity contribution in [3.05, 3.63) is 42.5 Å². The highest BCUT2D eigenvalue weighted by Crippen LogP contribution is 2.16. The molecule has 1 unspecified atom stereocenters. The smallest absolute Gasteiger partial charge is 0.263 e. The van der Waals surface area contributed by atoms with Gasteiger partial charge < -0.3 is 19.9 Å². The molecule has 1 N–H and O–H groups in total. The molecule has 3 rings (SSSR count). The van der Waals surface area contributed by atoms with Crippen molar-refractivity contribution >= 4 is 17.5 Å². The molecule has 1 amide bonds. The monoisotopic (exact) mass is 355 g/mol. The quantitative estimate of drug-likeness (QED) is 0.855. The molecule has 1 aliphatic heterocycles. The molecule has 7 heteroatoms. The van der Waals surface area contributed by atoms with E-state index in [0.29, 0.717) is 18.8 Å². The molecule has 0 spiro atoms. The van der Waals surface area contributed by atoms with Crippen molar-refractivity contribution in [2.45, 2.75) is 20.0 Å². The number of nitrogens with zero attached hydrogens (tertiary/aromatic N) is 4. The topological polar surface area (TPSA) is 70.6 Å². The molecular weight excluding hydrogens is 330 g/mol. The van der Waals surface area contributed by atoms with Gasteiger partial charge in [0.1, 0.15) is 11.6 Å². The van der Waals surface area contributed by atoms with Gasteiger partial charge in [-0.3, -0.25) is 4.79 Å². The lowest BCUT2D eigenvalue weighted by Gasteiger charge is -2.36. The number of ether oxygens (including phenoxy) is 1. The molecule has 0 radical (unpaired) electrons. The van der Waals surface area contributed by atoms with Crippen LogP contribution >= 0.6 is 0 Å². The molecule has 1 atom stereocenters. The normalized spacial score (nSPS) is 15.5. The van der Waals surface area contributed by atoms with Crippen molar-refractivity contribution in [1.29, 1.82) is 0 Å². The Hall–Kier alpha value is -2.83. The van der Waals surface area contributed by atoms with Gasteiger partial charge in [0.2, 0.25) is 0 Å². The highest BCUT2D eigenvalue weighted by atomic mass is 16.5. The third-order valence-electron chi connectivity index (χ3n) is 4.33. The lowest BCUT2D eigenvalue weighted by Crippen LogP contribution is -2.52. The number of carbonyl (C=O) groups is 1. The number of hydrogen-bond acceptors (Lipinski definition) is 6. The molecule has 26 heavy (non-hydrogen) atoms. The molecule has 0 bridgehead atoms. The molecule has 1 aromatic carbocycles. The van der Waals surface area contributed by atoms with Crippen LogP contribution < -0.4 is 15.0 Å². The number of rotatable bonds is 6. The highest BCUT2D eigenvalue weighted by molar-refractivity contribution is 5.81. The van der Waals surface area contributed by atoms with Crippen molar-refractivity contribution in [2.24, 2.45) is 0 Å². The van der Waals surface area contributed by atoms with Crippen LogP contribution in [-0.2, 0) is 4.79 Å². The molecule has 0 saturated carbocycles. The fourth-order valence-electron chi connectivity index (χ4n) is 2.94. The number of anilines is 2. The van der Waals surface area contributed by atoms with Crippen LogP contribution in [0.1, 0.15) is 13.8 Å². The van der Waals surface area contributed by atoms with Gasteiger partial charge >= 0.3 is 0 Å². The van der Waals surface area contributed by atoms with E-state index in [9.17, 15) is 4.79 Å². The highest BCUT2D eigenvalue weighted by Gasteiger charge is 2.26. The number of hydrogen-bond donors (Lipinski definition) is 1. The van der Waals surface area contributed by atoms with Gasteiger partial charge in [0.05, 0.1) is 0 Å². The van der Waals surface area contributed by atoms with Crippen molar-refractivity contribution in [1.82, 2.24) is 15.1 Å². The van der Waals surface area contributed by atoms with E-state index in [1.807, 2.05) is 54.3 Å². The Kier molecular flexibility index (Phi) is 5.88. The molecule has 2 aromatic rings. The predicted octanol–water partition coefficient (Wildman–Crippen LogP) is 2.02. The summed E-state index contributed by atoms with van der Waals surface area (Å²) in [7, 11) is 0. The molecule has 1 saturated heterocycles. The van der Waals surface area contributed by atoms with E-state index >= 15 is 0 Å². The van der Waals surface area contributed by atoms with Crippen LogP contribution in [0.15, 0.2) is 42.5 Å². The molecule has 138 valence electrons. The maximum Gasteiger partial charge on any atom is 0.263 e. The Balaban J connectivity index is 1.51. The van der Waals surface area contributed by atoms with Crippen LogP contribution in [0.2, 0.25) is 0 Å². The van der Waals surface area contributed by atoms with Crippen molar-refractivity contribution in [2.75, 3.05) is 42.9 Å². The summed E-state index contributed by atoms with van der Waals surface area (Å²) in [5.41, 5.74) is 0. The molecule has 1 fully saturated rings. The SMILES string of the molecule is CCNc1ccc(N2CCN(C(=O)C(C)Oc3ccccc3)CC2)nn1. The van der Waals surface area contributed by atoms with Crippen LogP contribution in [0, 0.1) is 0 Å². The molecule has 1 aliphatic rings. The van der Waals surface area contributed by atoms with Gasteiger partial charge in [-0.2, -0.15) is 0 Å². The van der Waals surface area contributed by atoms with Crippen LogP contribution in [0.25, 0.3) is 0 Å². The summed E-state index contributed by atoms with van der Waals surface area (Å²) in [4.78, 5) is 16.6. The minimum absolute atomic E-state index is 0.0158. The number of benzene rings is 1. The predicted molar refractivity (Wildman–Crippen MR) is 102 cm³/mol. The van der Waals surface area contributed by atoms with E-state index in [-0.39, 0.29) is 5.91 Å². The molecule has 7 nitrogen and oxygen atoms in total. The van der Waals surface area contributed by atoms with E-state index < -0.39 is 6.10 Å². The van der Waals surface area contributed by atoms with Gasteiger partial charge in [0.25, 0.3) is 5.91 Å². The average Bonchev–Trinajstić information content (AvgIpc) is 2.69. The Bertz CT molecular complexity index is 700. The maximum atomic E-state index is 12.6. The summed E-state index contributed by atoms with van der Waals surface area (Å²) in [6.45, 7) is 7.41. The lowest BCUT2D eigenvalue weighted by molar-refractivity contribution is -0.138. The fraction of sp³-hybridized carbons (Fsp3) is 0.421. The summed E-state index contributed by atoms with van der Waals surface area (Å²) in [6.07, 6.45) is -0.497. The summed E-state index contributed by atoms with van der Waals surface area (Å²) in [5.74, 6) is 2.34. The Morgan fingerprint density at radius 1 is 1.12 bits per heavy atom. The first-order chi connectivity index (χ1) is 12.7. The summed E-state index contributed by atoms with van der Waals surface area (Å²) in [6, 6.07) is 13.3. The minimum atomic E-state index is -0.497. The van der Waals surface area contributed by atoms with E-state index in [1.165, 1.54) is 0 Å². The fourth-order valence-corrected chi connectivity index (χ4v) is 2.94. The third-order valence-corrected chi connectivity index (χ3v) is 4.33. The van der Waals surface area contributed by atoms with Crippen molar-refractivity contribution in [3.63, 3.8) is 0 Å². The molecular formula is C19H25N5O2. The zero-order chi connectivity index (χ0) is 18.4. The van der Waals surface area contributed by atoms with Crippen molar-refractivity contribution < 1.29 is 9.53 Å². The van der Waals surface area contributed by atoms with Gasteiger partial charge in [0.15, 0.2) is 11.9 Å². The molecule has 1 aromatic heterocycles. The summed E-state index contributed by atoms with van der Waals surface area (Å²) >= 11 is 0. The van der Waals surface area contributed by atoms with Crippen molar-refractivity contribution in [3.8, 4) is 5.75 Å². The van der Waals surface area contributed by atoms with Crippen LogP contribution in [0.5, 0.6) is 5.75 Å². The average molecular weight is 355 g/mol. The van der Waals surface area contributed by atoms with Gasteiger partial charge in [-0.25, -0.2) is 0 Å². The second-order valence-electron chi connectivity index (χ2n) is 6.19. The van der Waals surface area contributed by atoms with E-state index in [4.69, 9.17) is 4.74 Å². The zero-order valence-electron chi connectivity index (χ0n) is 15.3. The van der Waals surface area contributed by atoms with E-state index in [2.05, 4.69) is 20.4 Å². The van der Waals surface area contributed by atoms with Gasteiger partial charge in [0, 0.05) is 32.7 Å². The second kappa shape index (κ2) is 8.51. The summed E-state index contributed by atoms with van der Waals surface area (Å²) in [5, 5.41) is 11.6.